The average molecular weight is 179 g/mol. The third-order valence-electron chi connectivity index (χ3n) is 1.77. The van der Waals surface area contributed by atoms with Gasteiger partial charge in [0.1, 0.15) is 0 Å². The molecule has 0 bridgehead atoms. The van der Waals surface area contributed by atoms with Gasteiger partial charge in [-0.05, 0) is 32.4 Å². The van der Waals surface area contributed by atoms with Gasteiger partial charge in [-0.3, -0.25) is 0 Å². The highest BCUT2D eigenvalue weighted by Gasteiger charge is 2.06. The van der Waals surface area contributed by atoms with Crippen molar-refractivity contribution in [1.29, 1.82) is 0 Å². The lowest BCUT2D eigenvalue weighted by Gasteiger charge is -2.16. The van der Waals surface area contributed by atoms with Crippen molar-refractivity contribution in [2.75, 3.05) is 20.1 Å². The van der Waals surface area contributed by atoms with Gasteiger partial charge in [-0.25, -0.2) is 8.78 Å². The monoisotopic (exact) mass is 179 g/mol. The molecule has 0 unspecified atom stereocenters. The first-order chi connectivity index (χ1) is 5.52. The largest absolute Gasteiger partial charge is 0.301 e. The zero-order valence-electron chi connectivity index (χ0n) is 8.19. The zero-order chi connectivity index (χ0) is 9.56. The molecule has 0 spiro atoms. The predicted octanol–water partition coefficient (Wildman–Crippen LogP) is 2.62. The highest BCUT2D eigenvalue weighted by atomic mass is 19.3. The minimum absolute atomic E-state index is 0.0991. The highest BCUT2D eigenvalue weighted by Crippen LogP contribution is 2.04. The minimum atomic E-state index is -2.20. The van der Waals surface area contributed by atoms with Crippen LogP contribution in [-0.2, 0) is 0 Å². The number of hydrogen-bond donors (Lipinski definition) is 0. The SMILES string of the molecule is CC(C)CCCN(C)CC(F)F. The molecule has 0 atom stereocenters. The van der Waals surface area contributed by atoms with Crippen LogP contribution in [0.15, 0.2) is 0 Å². The van der Waals surface area contributed by atoms with E-state index in [-0.39, 0.29) is 6.54 Å². The Balaban J connectivity index is 3.25. The fourth-order valence-electron chi connectivity index (χ4n) is 1.10. The Morgan fingerprint density at radius 2 is 1.83 bits per heavy atom. The van der Waals surface area contributed by atoms with E-state index in [4.69, 9.17) is 0 Å². The van der Waals surface area contributed by atoms with Crippen LogP contribution in [-0.4, -0.2) is 31.5 Å². The third kappa shape index (κ3) is 7.92. The highest BCUT2D eigenvalue weighted by molar-refractivity contribution is 4.54. The van der Waals surface area contributed by atoms with E-state index >= 15 is 0 Å². The van der Waals surface area contributed by atoms with Crippen LogP contribution in [0.5, 0.6) is 0 Å². The third-order valence-corrected chi connectivity index (χ3v) is 1.77. The first-order valence-corrected chi connectivity index (χ1v) is 4.49. The number of rotatable bonds is 6. The van der Waals surface area contributed by atoms with Gasteiger partial charge < -0.3 is 4.90 Å². The molecule has 0 aliphatic heterocycles. The molecule has 0 aromatic rings. The summed E-state index contributed by atoms with van der Waals surface area (Å²) in [5, 5.41) is 0. The van der Waals surface area contributed by atoms with Crippen LogP contribution in [0.3, 0.4) is 0 Å². The number of nitrogens with zero attached hydrogens (tertiary/aromatic N) is 1. The van der Waals surface area contributed by atoms with E-state index in [1.807, 2.05) is 0 Å². The lowest BCUT2D eigenvalue weighted by atomic mass is 10.1. The maximum Gasteiger partial charge on any atom is 0.251 e. The summed E-state index contributed by atoms with van der Waals surface area (Å²) in [6.07, 6.45) is -0.0666. The van der Waals surface area contributed by atoms with Gasteiger partial charge in [0.2, 0.25) is 0 Å². The van der Waals surface area contributed by atoms with E-state index < -0.39 is 6.43 Å². The van der Waals surface area contributed by atoms with Crippen LogP contribution >= 0.6 is 0 Å². The van der Waals surface area contributed by atoms with Gasteiger partial charge in [0.25, 0.3) is 6.43 Å². The molecule has 0 radical (unpaired) electrons. The Hall–Kier alpha value is -0.180. The average Bonchev–Trinajstić information content (AvgIpc) is 1.84. The molecule has 0 aromatic heterocycles. The smallest absolute Gasteiger partial charge is 0.251 e. The second kappa shape index (κ2) is 6.35. The fraction of sp³-hybridized carbons (Fsp3) is 1.00. The molecule has 0 amide bonds. The maximum atomic E-state index is 11.8. The second-order valence-electron chi connectivity index (χ2n) is 3.69. The summed E-state index contributed by atoms with van der Waals surface area (Å²) in [6.45, 7) is 4.97. The first kappa shape index (κ1) is 11.8. The molecule has 0 fully saturated rings. The maximum absolute atomic E-state index is 11.8. The summed E-state index contributed by atoms with van der Waals surface area (Å²) in [5.74, 6) is 0.671. The fourth-order valence-corrected chi connectivity index (χ4v) is 1.10. The standard InChI is InChI=1S/C9H19F2N/c1-8(2)5-4-6-12(3)7-9(10)11/h8-9H,4-7H2,1-3H3. The summed E-state index contributed by atoms with van der Waals surface area (Å²) in [5.41, 5.74) is 0. The van der Waals surface area contributed by atoms with Crippen LogP contribution in [0, 0.1) is 5.92 Å². The van der Waals surface area contributed by atoms with Crippen molar-refractivity contribution >= 4 is 0 Å². The molecule has 0 aromatic carbocycles. The molecule has 74 valence electrons. The Bertz CT molecular complexity index is 105. The number of hydrogen-bond acceptors (Lipinski definition) is 1. The number of halogens is 2. The van der Waals surface area contributed by atoms with Crippen molar-refractivity contribution in [2.45, 2.75) is 33.1 Å². The predicted molar refractivity (Wildman–Crippen MR) is 47.6 cm³/mol. The van der Waals surface area contributed by atoms with E-state index in [2.05, 4.69) is 13.8 Å². The van der Waals surface area contributed by atoms with Gasteiger partial charge in [-0.15, -0.1) is 0 Å². The van der Waals surface area contributed by atoms with Crippen molar-refractivity contribution in [1.82, 2.24) is 4.90 Å². The molecule has 0 N–H and O–H groups in total. The van der Waals surface area contributed by atoms with Crippen LogP contribution in [0.4, 0.5) is 8.78 Å². The molecule has 12 heavy (non-hydrogen) atoms. The lowest BCUT2D eigenvalue weighted by Crippen LogP contribution is -2.25. The molecule has 0 aliphatic rings. The second-order valence-corrected chi connectivity index (χ2v) is 3.69. The van der Waals surface area contributed by atoms with Crippen LogP contribution < -0.4 is 0 Å². The summed E-state index contributed by atoms with van der Waals surface area (Å²) in [6, 6.07) is 0. The van der Waals surface area contributed by atoms with Gasteiger partial charge in [0, 0.05) is 0 Å². The van der Waals surface area contributed by atoms with Crippen molar-refractivity contribution < 1.29 is 8.78 Å². The molecule has 0 rings (SSSR count). The topological polar surface area (TPSA) is 3.24 Å². The van der Waals surface area contributed by atoms with Gasteiger partial charge in [0.05, 0.1) is 6.54 Å². The van der Waals surface area contributed by atoms with Crippen LogP contribution in [0.25, 0.3) is 0 Å². The van der Waals surface area contributed by atoms with E-state index in [0.29, 0.717) is 5.92 Å². The van der Waals surface area contributed by atoms with Crippen LogP contribution in [0.1, 0.15) is 26.7 Å². The van der Waals surface area contributed by atoms with Crippen molar-refractivity contribution in [3.05, 3.63) is 0 Å². The van der Waals surface area contributed by atoms with Gasteiger partial charge in [-0.1, -0.05) is 13.8 Å². The molecule has 0 aliphatic carbocycles. The molecule has 0 saturated heterocycles. The zero-order valence-corrected chi connectivity index (χ0v) is 8.19. The number of alkyl halides is 2. The lowest BCUT2D eigenvalue weighted by molar-refractivity contribution is 0.0992. The summed E-state index contributed by atoms with van der Waals surface area (Å²) in [4.78, 5) is 1.69. The van der Waals surface area contributed by atoms with Gasteiger partial charge in [0.15, 0.2) is 0 Å². The van der Waals surface area contributed by atoms with Crippen LogP contribution in [0.2, 0.25) is 0 Å². The van der Waals surface area contributed by atoms with Gasteiger partial charge in [-0.2, -0.15) is 0 Å². The Morgan fingerprint density at radius 3 is 2.25 bits per heavy atom. The summed E-state index contributed by atoms with van der Waals surface area (Å²) < 4.78 is 23.7. The minimum Gasteiger partial charge on any atom is -0.301 e. The van der Waals surface area contributed by atoms with Gasteiger partial charge >= 0.3 is 0 Å². The molecule has 0 heterocycles. The Labute approximate surface area is 73.7 Å². The quantitative estimate of drug-likeness (QED) is 0.606. The molecular weight excluding hydrogens is 160 g/mol. The Morgan fingerprint density at radius 1 is 1.25 bits per heavy atom. The van der Waals surface area contributed by atoms with E-state index in [1.54, 1.807) is 11.9 Å². The molecule has 3 heteroatoms. The first-order valence-electron chi connectivity index (χ1n) is 4.49. The van der Waals surface area contributed by atoms with Crippen molar-refractivity contribution in [2.24, 2.45) is 5.92 Å². The molecule has 1 nitrogen and oxygen atoms in total. The molecular formula is C9H19F2N. The molecule has 0 saturated carbocycles. The summed E-state index contributed by atoms with van der Waals surface area (Å²) >= 11 is 0. The normalized spacial score (nSPS) is 12.0. The van der Waals surface area contributed by atoms with E-state index in [9.17, 15) is 8.78 Å². The Kier molecular flexibility index (Phi) is 6.25. The summed E-state index contributed by atoms with van der Waals surface area (Å²) in [7, 11) is 1.74. The van der Waals surface area contributed by atoms with Crippen molar-refractivity contribution in [3.8, 4) is 0 Å². The van der Waals surface area contributed by atoms with E-state index in [1.165, 1.54) is 0 Å². The van der Waals surface area contributed by atoms with E-state index in [0.717, 1.165) is 19.4 Å². The van der Waals surface area contributed by atoms with Crippen molar-refractivity contribution in [3.63, 3.8) is 0 Å².